The van der Waals surface area contributed by atoms with E-state index in [4.69, 9.17) is 0 Å². The molecule has 0 saturated heterocycles. The average Bonchev–Trinajstić information content (AvgIpc) is 2.47. The Morgan fingerprint density at radius 3 is 2.25 bits per heavy atom. The van der Waals surface area contributed by atoms with Crippen LogP contribution >= 0.6 is 0 Å². The molecule has 0 bridgehead atoms. The third-order valence-corrected chi connectivity index (χ3v) is 3.62. The smallest absolute Gasteiger partial charge is 0.131 e. The van der Waals surface area contributed by atoms with Crippen LogP contribution in [0.1, 0.15) is 18.5 Å². The summed E-state index contributed by atoms with van der Waals surface area (Å²) < 4.78 is 14.1. The zero-order chi connectivity index (χ0) is 14.7. The van der Waals surface area contributed by atoms with Crippen molar-refractivity contribution in [1.82, 2.24) is 5.32 Å². The summed E-state index contributed by atoms with van der Waals surface area (Å²) in [5.74, 6) is -0.186. The van der Waals surface area contributed by atoms with Crippen LogP contribution in [0.2, 0.25) is 0 Å². The van der Waals surface area contributed by atoms with Gasteiger partial charge in [0.15, 0.2) is 0 Å². The molecule has 3 heteroatoms. The average molecular weight is 272 g/mol. The van der Waals surface area contributed by atoms with Crippen molar-refractivity contribution >= 4 is 5.69 Å². The fourth-order valence-electron chi connectivity index (χ4n) is 2.14. The van der Waals surface area contributed by atoms with Gasteiger partial charge in [-0.05, 0) is 49.4 Å². The Morgan fingerprint density at radius 1 is 1.05 bits per heavy atom. The van der Waals surface area contributed by atoms with Crippen molar-refractivity contribution in [3.63, 3.8) is 0 Å². The second-order valence-corrected chi connectivity index (χ2v) is 5.19. The molecule has 2 nitrogen and oxygen atoms in total. The summed E-state index contributed by atoms with van der Waals surface area (Å²) >= 11 is 0. The van der Waals surface area contributed by atoms with Gasteiger partial charge in [-0.25, -0.2) is 4.39 Å². The second kappa shape index (κ2) is 6.06. The molecule has 0 aromatic heterocycles. The molecule has 0 aliphatic heterocycles. The van der Waals surface area contributed by atoms with Crippen LogP contribution in [0.3, 0.4) is 0 Å². The van der Waals surface area contributed by atoms with E-state index in [0.717, 1.165) is 16.8 Å². The van der Waals surface area contributed by atoms with Crippen LogP contribution < -0.4 is 10.2 Å². The number of hydrogen-bond donors (Lipinski definition) is 1. The Hall–Kier alpha value is -1.87. The third kappa shape index (κ3) is 2.99. The molecule has 0 heterocycles. The van der Waals surface area contributed by atoms with Crippen molar-refractivity contribution in [2.24, 2.45) is 0 Å². The van der Waals surface area contributed by atoms with E-state index in [1.807, 2.05) is 62.4 Å². The Balaban J connectivity index is 2.40. The summed E-state index contributed by atoms with van der Waals surface area (Å²) in [5, 5.41) is 3.17. The normalized spacial score (nSPS) is 12.2. The molecule has 20 heavy (non-hydrogen) atoms. The maximum absolute atomic E-state index is 14.1. The van der Waals surface area contributed by atoms with Crippen LogP contribution in [0.25, 0.3) is 11.1 Å². The van der Waals surface area contributed by atoms with Crippen molar-refractivity contribution in [3.05, 3.63) is 53.8 Å². The van der Waals surface area contributed by atoms with E-state index < -0.39 is 0 Å². The predicted molar refractivity (Wildman–Crippen MR) is 83.6 cm³/mol. The molecule has 106 valence electrons. The molecule has 0 spiro atoms. The van der Waals surface area contributed by atoms with Gasteiger partial charge in [0.25, 0.3) is 0 Å². The van der Waals surface area contributed by atoms with Crippen LogP contribution in [-0.4, -0.2) is 21.1 Å². The Labute approximate surface area is 120 Å². The van der Waals surface area contributed by atoms with E-state index in [9.17, 15) is 4.39 Å². The van der Waals surface area contributed by atoms with E-state index in [1.165, 1.54) is 0 Å². The highest BCUT2D eigenvalue weighted by Crippen LogP contribution is 2.27. The lowest BCUT2D eigenvalue weighted by molar-refractivity contribution is 0.622. The van der Waals surface area contributed by atoms with Gasteiger partial charge in [-0.1, -0.05) is 18.2 Å². The third-order valence-electron chi connectivity index (χ3n) is 3.62. The summed E-state index contributed by atoms with van der Waals surface area (Å²) in [6.45, 7) is 2.06. The summed E-state index contributed by atoms with van der Waals surface area (Å²) in [6.07, 6.45) is 0. The first-order valence-electron chi connectivity index (χ1n) is 6.77. The van der Waals surface area contributed by atoms with Crippen LogP contribution in [0.4, 0.5) is 10.1 Å². The molecular weight excluding hydrogens is 251 g/mol. The van der Waals surface area contributed by atoms with Crippen LogP contribution in [-0.2, 0) is 0 Å². The van der Waals surface area contributed by atoms with Crippen LogP contribution in [0, 0.1) is 5.82 Å². The number of benzene rings is 2. The number of anilines is 1. The van der Waals surface area contributed by atoms with E-state index in [0.29, 0.717) is 5.56 Å². The van der Waals surface area contributed by atoms with Crippen molar-refractivity contribution in [2.45, 2.75) is 13.0 Å². The first-order chi connectivity index (χ1) is 9.52. The minimum atomic E-state index is -0.186. The summed E-state index contributed by atoms with van der Waals surface area (Å²) in [6, 6.07) is 13.4. The molecule has 2 aromatic carbocycles. The molecule has 0 saturated carbocycles. The van der Waals surface area contributed by atoms with Crippen molar-refractivity contribution in [1.29, 1.82) is 0 Å². The predicted octanol–water partition coefficient (Wildman–Crippen LogP) is 3.84. The summed E-state index contributed by atoms with van der Waals surface area (Å²) in [4.78, 5) is 2.03. The molecule has 0 fully saturated rings. The zero-order valence-electron chi connectivity index (χ0n) is 12.4. The molecular formula is C17H21FN2. The molecule has 1 N–H and O–H groups in total. The molecule has 1 unspecified atom stereocenters. The standard InChI is InChI=1S/C17H21FN2/c1-12(19-2)14-7-10-17(18)16(11-14)13-5-8-15(9-6-13)20(3)4/h5-12,19H,1-4H3. The first-order valence-corrected chi connectivity index (χ1v) is 6.77. The Morgan fingerprint density at radius 2 is 1.70 bits per heavy atom. The van der Waals surface area contributed by atoms with E-state index >= 15 is 0 Å². The number of nitrogens with zero attached hydrogens (tertiary/aromatic N) is 1. The van der Waals surface area contributed by atoms with Crippen LogP contribution in [0.15, 0.2) is 42.5 Å². The lowest BCUT2D eigenvalue weighted by Crippen LogP contribution is -2.12. The SMILES string of the molecule is CNC(C)c1ccc(F)c(-c2ccc(N(C)C)cc2)c1. The highest BCUT2D eigenvalue weighted by Gasteiger charge is 2.09. The molecule has 0 amide bonds. The lowest BCUT2D eigenvalue weighted by Gasteiger charge is -2.15. The fourth-order valence-corrected chi connectivity index (χ4v) is 2.14. The Bertz CT molecular complexity index is 576. The maximum atomic E-state index is 14.1. The van der Waals surface area contributed by atoms with Gasteiger partial charge < -0.3 is 10.2 Å². The highest BCUT2D eigenvalue weighted by atomic mass is 19.1. The topological polar surface area (TPSA) is 15.3 Å². The van der Waals surface area contributed by atoms with Gasteiger partial charge >= 0.3 is 0 Å². The van der Waals surface area contributed by atoms with E-state index in [1.54, 1.807) is 6.07 Å². The van der Waals surface area contributed by atoms with Gasteiger partial charge in [-0.2, -0.15) is 0 Å². The molecule has 0 radical (unpaired) electrons. The van der Waals surface area contributed by atoms with Gasteiger partial charge in [0.2, 0.25) is 0 Å². The zero-order valence-corrected chi connectivity index (χ0v) is 12.4. The minimum absolute atomic E-state index is 0.186. The molecule has 2 rings (SSSR count). The maximum Gasteiger partial charge on any atom is 0.131 e. The van der Waals surface area contributed by atoms with Crippen molar-refractivity contribution in [2.75, 3.05) is 26.0 Å². The number of rotatable bonds is 4. The van der Waals surface area contributed by atoms with Gasteiger partial charge in [-0.15, -0.1) is 0 Å². The van der Waals surface area contributed by atoms with Gasteiger partial charge in [-0.3, -0.25) is 0 Å². The monoisotopic (exact) mass is 272 g/mol. The minimum Gasteiger partial charge on any atom is -0.378 e. The van der Waals surface area contributed by atoms with Gasteiger partial charge in [0.05, 0.1) is 0 Å². The molecule has 0 aliphatic rings. The van der Waals surface area contributed by atoms with E-state index in [-0.39, 0.29) is 11.9 Å². The molecule has 0 aliphatic carbocycles. The summed E-state index contributed by atoms with van der Waals surface area (Å²) in [5.41, 5.74) is 3.74. The quantitative estimate of drug-likeness (QED) is 0.909. The van der Waals surface area contributed by atoms with Gasteiger partial charge in [0, 0.05) is 31.4 Å². The second-order valence-electron chi connectivity index (χ2n) is 5.19. The van der Waals surface area contributed by atoms with Crippen molar-refractivity contribution < 1.29 is 4.39 Å². The number of hydrogen-bond acceptors (Lipinski definition) is 2. The van der Waals surface area contributed by atoms with E-state index in [2.05, 4.69) is 12.2 Å². The van der Waals surface area contributed by atoms with Crippen molar-refractivity contribution in [3.8, 4) is 11.1 Å². The first kappa shape index (κ1) is 14.5. The Kier molecular flexibility index (Phi) is 4.40. The summed E-state index contributed by atoms with van der Waals surface area (Å²) in [7, 11) is 5.88. The van der Waals surface area contributed by atoms with Gasteiger partial charge in [0.1, 0.15) is 5.82 Å². The lowest BCUT2D eigenvalue weighted by atomic mass is 9.99. The largest absolute Gasteiger partial charge is 0.378 e. The van der Waals surface area contributed by atoms with Crippen LogP contribution in [0.5, 0.6) is 0 Å². The highest BCUT2D eigenvalue weighted by molar-refractivity contribution is 5.67. The number of nitrogens with one attached hydrogen (secondary N) is 1. The molecule has 1 atom stereocenters. The number of halogens is 1. The fraction of sp³-hybridized carbons (Fsp3) is 0.294. The molecule has 2 aromatic rings.